The van der Waals surface area contributed by atoms with Crippen LogP contribution in [0.2, 0.25) is 0 Å². The fourth-order valence-corrected chi connectivity index (χ4v) is 3.51. The summed E-state index contributed by atoms with van der Waals surface area (Å²) >= 11 is 0. The molecule has 0 bridgehead atoms. The quantitative estimate of drug-likeness (QED) is 0.536. The van der Waals surface area contributed by atoms with E-state index < -0.39 is 0 Å². The standard InChI is InChI=1S/C20H21N7O2/c1-2-5-15(6-3-1)23-19-18-20(22-14-21-19)27(25-24-18)13-17-12-26(8-10-29-17)11-16-7-4-9-28-16/h1-7,9,14,17H,8,10-13H2,(H,21,22,23). The normalized spacial score (nSPS) is 17.6. The van der Waals surface area contributed by atoms with Crippen molar-refractivity contribution >= 4 is 22.7 Å². The third-order valence-electron chi connectivity index (χ3n) is 4.90. The predicted molar refractivity (Wildman–Crippen MR) is 107 cm³/mol. The number of nitrogens with zero attached hydrogens (tertiary/aromatic N) is 6. The highest BCUT2D eigenvalue weighted by molar-refractivity contribution is 5.84. The molecule has 148 valence electrons. The Hall–Kier alpha value is -3.30. The van der Waals surface area contributed by atoms with Gasteiger partial charge in [-0.05, 0) is 24.3 Å². The summed E-state index contributed by atoms with van der Waals surface area (Å²) in [6, 6.07) is 13.8. The minimum Gasteiger partial charge on any atom is -0.468 e. The summed E-state index contributed by atoms with van der Waals surface area (Å²) in [4.78, 5) is 11.0. The second kappa shape index (κ2) is 7.98. The third-order valence-corrected chi connectivity index (χ3v) is 4.90. The molecule has 29 heavy (non-hydrogen) atoms. The lowest BCUT2D eigenvalue weighted by atomic mass is 10.2. The van der Waals surface area contributed by atoms with E-state index in [-0.39, 0.29) is 6.10 Å². The summed E-state index contributed by atoms with van der Waals surface area (Å²) in [6.07, 6.45) is 3.23. The molecule has 1 unspecified atom stereocenters. The van der Waals surface area contributed by atoms with Gasteiger partial charge in [0.2, 0.25) is 0 Å². The number of nitrogens with one attached hydrogen (secondary N) is 1. The topological polar surface area (TPSA) is 94.1 Å². The summed E-state index contributed by atoms with van der Waals surface area (Å²) in [5, 5.41) is 11.9. The van der Waals surface area contributed by atoms with E-state index in [1.165, 1.54) is 6.33 Å². The molecule has 1 atom stereocenters. The molecule has 1 fully saturated rings. The molecule has 4 aromatic rings. The molecule has 0 saturated carbocycles. The van der Waals surface area contributed by atoms with E-state index in [1.54, 1.807) is 10.9 Å². The van der Waals surface area contributed by atoms with Crippen molar-refractivity contribution in [3.05, 3.63) is 60.8 Å². The smallest absolute Gasteiger partial charge is 0.183 e. The van der Waals surface area contributed by atoms with E-state index in [4.69, 9.17) is 9.15 Å². The zero-order valence-electron chi connectivity index (χ0n) is 15.8. The molecule has 0 amide bonds. The first-order valence-corrected chi connectivity index (χ1v) is 9.58. The Morgan fingerprint density at radius 3 is 2.90 bits per heavy atom. The summed E-state index contributed by atoms with van der Waals surface area (Å²) in [6.45, 7) is 3.70. The minimum atomic E-state index is 0.00381. The molecular weight excluding hydrogens is 370 g/mol. The molecule has 1 saturated heterocycles. The van der Waals surface area contributed by atoms with Gasteiger partial charge in [-0.1, -0.05) is 23.4 Å². The second-order valence-corrected chi connectivity index (χ2v) is 6.96. The van der Waals surface area contributed by atoms with Crippen LogP contribution >= 0.6 is 0 Å². The van der Waals surface area contributed by atoms with Crippen LogP contribution in [0.3, 0.4) is 0 Å². The molecule has 1 N–H and O–H groups in total. The zero-order valence-corrected chi connectivity index (χ0v) is 15.8. The number of aromatic nitrogens is 5. The number of anilines is 2. The van der Waals surface area contributed by atoms with Crippen molar-refractivity contribution in [3.63, 3.8) is 0 Å². The van der Waals surface area contributed by atoms with Crippen molar-refractivity contribution in [2.24, 2.45) is 0 Å². The van der Waals surface area contributed by atoms with Crippen molar-refractivity contribution in [3.8, 4) is 0 Å². The van der Waals surface area contributed by atoms with Gasteiger partial charge in [0.15, 0.2) is 17.0 Å². The lowest BCUT2D eigenvalue weighted by Crippen LogP contribution is -2.43. The highest BCUT2D eigenvalue weighted by Crippen LogP contribution is 2.21. The van der Waals surface area contributed by atoms with Crippen molar-refractivity contribution < 1.29 is 9.15 Å². The summed E-state index contributed by atoms with van der Waals surface area (Å²) in [5.74, 6) is 1.60. The van der Waals surface area contributed by atoms with Crippen molar-refractivity contribution in [2.75, 3.05) is 25.0 Å². The second-order valence-electron chi connectivity index (χ2n) is 6.96. The van der Waals surface area contributed by atoms with Crippen molar-refractivity contribution in [1.29, 1.82) is 0 Å². The first kappa shape index (κ1) is 17.8. The molecule has 1 aliphatic heterocycles. The molecule has 9 heteroatoms. The molecule has 0 radical (unpaired) electrons. The van der Waals surface area contributed by atoms with E-state index in [0.717, 1.165) is 31.1 Å². The van der Waals surface area contributed by atoms with Crippen LogP contribution in [0.1, 0.15) is 5.76 Å². The molecule has 3 aromatic heterocycles. The molecule has 4 heterocycles. The number of rotatable bonds is 6. The van der Waals surface area contributed by atoms with E-state index in [0.29, 0.717) is 30.1 Å². The van der Waals surface area contributed by atoms with Crippen LogP contribution in [-0.2, 0) is 17.8 Å². The van der Waals surface area contributed by atoms with Gasteiger partial charge in [-0.15, -0.1) is 5.10 Å². The fourth-order valence-electron chi connectivity index (χ4n) is 3.51. The van der Waals surface area contributed by atoms with Crippen LogP contribution in [-0.4, -0.2) is 55.7 Å². The maximum Gasteiger partial charge on any atom is 0.183 e. The number of para-hydroxylation sites is 1. The number of benzene rings is 1. The van der Waals surface area contributed by atoms with Gasteiger partial charge in [-0.3, -0.25) is 4.90 Å². The Balaban J connectivity index is 1.31. The summed E-state index contributed by atoms with van der Waals surface area (Å²) in [7, 11) is 0. The predicted octanol–water partition coefficient (Wildman–Crippen LogP) is 2.46. The molecule has 0 spiro atoms. The first-order valence-electron chi connectivity index (χ1n) is 9.58. The van der Waals surface area contributed by atoms with Gasteiger partial charge >= 0.3 is 0 Å². The molecule has 0 aliphatic carbocycles. The van der Waals surface area contributed by atoms with Gasteiger partial charge in [0.25, 0.3) is 0 Å². The minimum absolute atomic E-state index is 0.00381. The first-order chi connectivity index (χ1) is 14.3. The molecule has 1 aromatic carbocycles. The maximum absolute atomic E-state index is 5.96. The van der Waals surface area contributed by atoms with E-state index in [9.17, 15) is 0 Å². The van der Waals surface area contributed by atoms with Crippen LogP contribution in [0.5, 0.6) is 0 Å². The van der Waals surface area contributed by atoms with Gasteiger partial charge in [-0.25, -0.2) is 14.6 Å². The van der Waals surface area contributed by atoms with Crippen LogP contribution < -0.4 is 5.32 Å². The summed E-state index contributed by atoms with van der Waals surface area (Å²) in [5.41, 5.74) is 2.26. The third kappa shape index (κ3) is 3.96. The molecular formula is C20H21N7O2. The van der Waals surface area contributed by atoms with Gasteiger partial charge in [-0.2, -0.15) is 0 Å². The Bertz CT molecular complexity index is 1070. The number of ether oxygens (including phenoxy) is 1. The summed E-state index contributed by atoms with van der Waals surface area (Å²) < 4.78 is 13.2. The highest BCUT2D eigenvalue weighted by Gasteiger charge is 2.23. The lowest BCUT2D eigenvalue weighted by Gasteiger charge is -2.32. The highest BCUT2D eigenvalue weighted by atomic mass is 16.5. The molecule has 1 aliphatic rings. The van der Waals surface area contributed by atoms with Crippen LogP contribution in [0, 0.1) is 0 Å². The number of fused-ring (bicyclic) bond motifs is 1. The Morgan fingerprint density at radius 1 is 1.10 bits per heavy atom. The Labute approximate surface area is 167 Å². The van der Waals surface area contributed by atoms with Crippen LogP contribution in [0.4, 0.5) is 11.5 Å². The Kier molecular flexibility index (Phi) is 4.89. The number of hydrogen-bond donors (Lipinski definition) is 1. The van der Waals surface area contributed by atoms with Crippen LogP contribution in [0.15, 0.2) is 59.5 Å². The monoisotopic (exact) mass is 391 g/mol. The Morgan fingerprint density at radius 2 is 2.03 bits per heavy atom. The number of morpholine rings is 1. The number of furan rings is 1. The van der Waals surface area contributed by atoms with Crippen molar-refractivity contribution in [1.82, 2.24) is 29.9 Å². The van der Waals surface area contributed by atoms with Gasteiger partial charge < -0.3 is 14.5 Å². The SMILES string of the molecule is c1ccc(Nc2ncnc3c2nnn3CC2CN(Cc3ccco3)CCO2)cc1. The average Bonchev–Trinajstić information content (AvgIpc) is 3.40. The number of hydrogen-bond acceptors (Lipinski definition) is 8. The maximum atomic E-state index is 5.96. The zero-order chi connectivity index (χ0) is 19.5. The fraction of sp³-hybridized carbons (Fsp3) is 0.300. The molecule has 9 nitrogen and oxygen atoms in total. The van der Waals surface area contributed by atoms with Crippen molar-refractivity contribution in [2.45, 2.75) is 19.2 Å². The van der Waals surface area contributed by atoms with Gasteiger partial charge in [0.1, 0.15) is 12.1 Å². The lowest BCUT2D eigenvalue weighted by molar-refractivity contribution is -0.0415. The van der Waals surface area contributed by atoms with E-state index in [1.807, 2.05) is 42.5 Å². The average molecular weight is 391 g/mol. The molecule has 5 rings (SSSR count). The van der Waals surface area contributed by atoms with Gasteiger partial charge in [0.05, 0.1) is 32.1 Å². The van der Waals surface area contributed by atoms with Gasteiger partial charge in [0, 0.05) is 18.8 Å². The van der Waals surface area contributed by atoms with E-state index >= 15 is 0 Å². The van der Waals surface area contributed by atoms with Crippen LogP contribution in [0.25, 0.3) is 11.2 Å². The largest absolute Gasteiger partial charge is 0.468 e. The van der Waals surface area contributed by atoms with E-state index in [2.05, 4.69) is 30.5 Å².